The number of halogens is 3. The SMILES string of the molecule is Cl.O=C(CCCc1cc(Cl)sc1Cl)N1CCNCC1c1cccnc1. The molecule has 0 saturated carbocycles. The highest BCUT2D eigenvalue weighted by molar-refractivity contribution is 7.20. The van der Waals surface area contributed by atoms with Gasteiger partial charge >= 0.3 is 0 Å². The van der Waals surface area contributed by atoms with E-state index in [1.54, 1.807) is 6.20 Å². The van der Waals surface area contributed by atoms with Gasteiger partial charge < -0.3 is 10.2 Å². The van der Waals surface area contributed by atoms with Crippen LogP contribution in [0.25, 0.3) is 0 Å². The van der Waals surface area contributed by atoms with Gasteiger partial charge in [-0.15, -0.1) is 23.7 Å². The number of nitrogens with zero attached hydrogens (tertiary/aromatic N) is 2. The van der Waals surface area contributed by atoms with Crippen molar-refractivity contribution in [3.05, 3.63) is 50.4 Å². The van der Waals surface area contributed by atoms with Gasteiger partial charge in [-0.05, 0) is 36.1 Å². The average Bonchev–Trinajstić information content (AvgIpc) is 2.93. The number of rotatable bonds is 5. The van der Waals surface area contributed by atoms with E-state index in [0.717, 1.165) is 47.9 Å². The third-order valence-corrected chi connectivity index (χ3v) is 5.77. The van der Waals surface area contributed by atoms with Crippen LogP contribution in [0.1, 0.15) is 30.0 Å². The molecule has 0 aromatic carbocycles. The number of aromatic nitrogens is 1. The first-order chi connectivity index (χ1) is 11.6. The highest BCUT2D eigenvalue weighted by atomic mass is 35.5. The maximum absolute atomic E-state index is 12.7. The van der Waals surface area contributed by atoms with Crippen LogP contribution in [-0.2, 0) is 11.2 Å². The van der Waals surface area contributed by atoms with Crippen molar-refractivity contribution >= 4 is 52.9 Å². The number of nitrogens with one attached hydrogen (secondary N) is 1. The van der Waals surface area contributed by atoms with Crippen molar-refractivity contribution in [2.24, 2.45) is 0 Å². The Hall–Kier alpha value is -0.850. The first kappa shape index (κ1) is 20.5. The molecule has 1 unspecified atom stereocenters. The van der Waals surface area contributed by atoms with E-state index in [0.29, 0.717) is 10.8 Å². The molecule has 1 saturated heterocycles. The molecular formula is C17H20Cl3N3OS. The maximum Gasteiger partial charge on any atom is 0.223 e. The standard InChI is InChI=1S/C17H19Cl2N3OS.ClH/c18-15-9-12(17(19)24-15)3-1-5-16(23)22-8-7-21-11-14(22)13-4-2-6-20-10-13;/h2,4,6,9-10,14,21H,1,3,5,7-8,11H2;1H. The van der Waals surface area contributed by atoms with Crippen LogP contribution >= 0.6 is 46.9 Å². The van der Waals surface area contributed by atoms with Crippen molar-refractivity contribution in [2.45, 2.75) is 25.3 Å². The van der Waals surface area contributed by atoms with Crippen LogP contribution < -0.4 is 5.32 Å². The lowest BCUT2D eigenvalue weighted by Gasteiger charge is -2.36. The van der Waals surface area contributed by atoms with E-state index in [9.17, 15) is 4.79 Å². The number of pyridine rings is 1. The molecule has 0 bridgehead atoms. The van der Waals surface area contributed by atoms with E-state index in [4.69, 9.17) is 23.2 Å². The smallest absolute Gasteiger partial charge is 0.223 e. The Morgan fingerprint density at radius 1 is 1.44 bits per heavy atom. The molecule has 0 spiro atoms. The fraction of sp³-hybridized carbons (Fsp3) is 0.412. The van der Waals surface area contributed by atoms with Crippen molar-refractivity contribution in [3.8, 4) is 0 Å². The lowest BCUT2D eigenvalue weighted by Crippen LogP contribution is -2.48. The zero-order valence-electron chi connectivity index (χ0n) is 13.6. The van der Waals surface area contributed by atoms with Gasteiger partial charge in [0.05, 0.1) is 14.7 Å². The molecular weight excluding hydrogens is 401 g/mol. The van der Waals surface area contributed by atoms with Gasteiger partial charge in [0, 0.05) is 38.4 Å². The Morgan fingerprint density at radius 2 is 2.28 bits per heavy atom. The van der Waals surface area contributed by atoms with Crippen molar-refractivity contribution in [2.75, 3.05) is 19.6 Å². The number of carbonyl (C=O) groups is 1. The van der Waals surface area contributed by atoms with E-state index in [2.05, 4.69) is 10.3 Å². The molecule has 2 aromatic heterocycles. The summed E-state index contributed by atoms with van der Waals surface area (Å²) in [6, 6.07) is 5.88. The first-order valence-electron chi connectivity index (χ1n) is 7.99. The van der Waals surface area contributed by atoms with Crippen molar-refractivity contribution in [1.82, 2.24) is 15.2 Å². The zero-order chi connectivity index (χ0) is 16.9. The summed E-state index contributed by atoms with van der Waals surface area (Å²) in [4.78, 5) is 18.8. The Kier molecular flexibility index (Phi) is 7.97. The van der Waals surface area contributed by atoms with Crippen LogP contribution in [0.5, 0.6) is 0 Å². The third-order valence-electron chi connectivity index (χ3n) is 4.20. The molecule has 3 rings (SSSR count). The zero-order valence-corrected chi connectivity index (χ0v) is 16.7. The number of hydrogen-bond donors (Lipinski definition) is 1. The molecule has 1 amide bonds. The number of piperazine rings is 1. The molecule has 25 heavy (non-hydrogen) atoms. The van der Waals surface area contributed by atoms with Gasteiger partial charge in [-0.1, -0.05) is 29.3 Å². The lowest BCUT2D eigenvalue weighted by molar-refractivity contribution is -0.134. The van der Waals surface area contributed by atoms with E-state index in [1.807, 2.05) is 29.3 Å². The molecule has 1 N–H and O–H groups in total. The topological polar surface area (TPSA) is 45.2 Å². The van der Waals surface area contributed by atoms with Crippen molar-refractivity contribution in [3.63, 3.8) is 0 Å². The first-order valence-corrected chi connectivity index (χ1v) is 9.56. The van der Waals surface area contributed by atoms with Gasteiger partial charge in [-0.3, -0.25) is 9.78 Å². The molecule has 1 atom stereocenters. The minimum Gasteiger partial charge on any atom is -0.333 e. The molecule has 1 fully saturated rings. The van der Waals surface area contributed by atoms with E-state index < -0.39 is 0 Å². The minimum absolute atomic E-state index is 0. The number of carbonyl (C=O) groups excluding carboxylic acids is 1. The summed E-state index contributed by atoms with van der Waals surface area (Å²) < 4.78 is 1.42. The summed E-state index contributed by atoms with van der Waals surface area (Å²) in [6.45, 7) is 2.32. The second-order valence-corrected chi connectivity index (χ2v) is 8.08. The Labute approximate surface area is 167 Å². The van der Waals surface area contributed by atoms with E-state index >= 15 is 0 Å². The van der Waals surface area contributed by atoms with Crippen LogP contribution in [0.3, 0.4) is 0 Å². The van der Waals surface area contributed by atoms with Crippen LogP contribution in [0.4, 0.5) is 0 Å². The largest absolute Gasteiger partial charge is 0.333 e. The van der Waals surface area contributed by atoms with Gasteiger partial charge in [-0.2, -0.15) is 0 Å². The predicted octanol–water partition coefficient (Wildman–Crippen LogP) is 4.37. The molecule has 4 nitrogen and oxygen atoms in total. The molecule has 0 aliphatic carbocycles. The molecule has 3 heterocycles. The molecule has 8 heteroatoms. The number of aryl methyl sites for hydroxylation is 1. The molecule has 1 aliphatic heterocycles. The van der Waals surface area contributed by atoms with Crippen LogP contribution in [0, 0.1) is 0 Å². The summed E-state index contributed by atoms with van der Waals surface area (Å²) in [5.74, 6) is 0.183. The second kappa shape index (κ2) is 9.74. The second-order valence-electron chi connectivity index (χ2n) is 5.80. The fourth-order valence-electron chi connectivity index (χ4n) is 2.99. The van der Waals surface area contributed by atoms with Gasteiger partial charge in [0.25, 0.3) is 0 Å². The third kappa shape index (κ3) is 5.31. The highest BCUT2D eigenvalue weighted by Crippen LogP contribution is 2.32. The summed E-state index contributed by atoms with van der Waals surface area (Å²) in [5, 5.41) is 3.36. The Bertz CT molecular complexity index is 696. The molecule has 1 aliphatic rings. The van der Waals surface area contributed by atoms with Gasteiger partial charge in [-0.25, -0.2) is 0 Å². The van der Waals surface area contributed by atoms with E-state index in [-0.39, 0.29) is 24.4 Å². The minimum atomic E-state index is 0. The van der Waals surface area contributed by atoms with Gasteiger partial charge in [0.1, 0.15) is 0 Å². The van der Waals surface area contributed by atoms with Crippen LogP contribution in [0.15, 0.2) is 30.6 Å². The number of hydrogen-bond acceptors (Lipinski definition) is 4. The predicted molar refractivity (Wildman–Crippen MR) is 106 cm³/mol. The van der Waals surface area contributed by atoms with Gasteiger partial charge in [0.15, 0.2) is 0 Å². The Balaban J connectivity index is 0.00000225. The molecule has 2 aromatic rings. The maximum atomic E-state index is 12.7. The lowest BCUT2D eigenvalue weighted by atomic mass is 10.0. The summed E-state index contributed by atoms with van der Waals surface area (Å²) >= 11 is 13.5. The monoisotopic (exact) mass is 419 g/mol. The number of thiophene rings is 1. The quantitative estimate of drug-likeness (QED) is 0.781. The Morgan fingerprint density at radius 3 is 2.96 bits per heavy atom. The van der Waals surface area contributed by atoms with E-state index in [1.165, 1.54) is 11.3 Å². The highest BCUT2D eigenvalue weighted by Gasteiger charge is 2.27. The number of amides is 1. The summed E-state index contributed by atoms with van der Waals surface area (Å²) in [5.41, 5.74) is 2.11. The van der Waals surface area contributed by atoms with Crippen molar-refractivity contribution < 1.29 is 4.79 Å². The molecule has 0 radical (unpaired) electrons. The van der Waals surface area contributed by atoms with Crippen LogP contribution in [-0.4, -0.2) is 35.4 Å². The van der Waals surface area contributed by atoms with Crippen molar-refractivity contribution in [1.29, 1.82) is 0 Å². The average molecular weight is 421 g/mol. The molecule has 136 valence electrons. The normalized spacial score (nSPS) is 17.2. The van der Waals surface area contributed by atoms with Gasteiger partial charge in [0.2, 0.25) is 5.91 Å². The summed E-state index contributed by atoms with van der Waals surface area (Å²) in [6.07, 6.45) is 5.65. The fourth-order valence-corrected chi connectivity index (χ4v) is 4.54. The van der Waals surface area contributed by atoms with Crippen LogP contribution in [0.2, 0.25) is 8.67 Å². The summed E-state index contributed by atoms with van der Waals surface area (Å²) in [7, 11) is 0.